The van der Waals surface area contributed by atoms with Crippen molar-refractivity contribution in [2.45, 2.75) is 18.6 Å². The van der Waals surface area contributed by atoms with Gasteiger partial charge in [-0.2, -0.15) is 27.6 Å². The molecule has 1 saturated heterocycles. The van der Waals surface area contributed by atoms with Gasteiger partial charge in [0.2, 0.25) is 17.8 Å². The fraction of sp³-hybridized carbons (Fsp3) is 0.500. The molecule has 2 heterocycles. The van der Waals surface area contributed by atoms with Crippen LogP contribution in [0.1, 0.15) is 12.2 Å². The molecule has 1 aliphatic heterocycles. The lowest BCUT2D eigenvalue weighted by Crippen LogP contribution is -2.27. The topological polar surface area (TPSA) is 85.0 Å². The van der Waals surface area contributed by atoms with Crippen molar-refractivity contribution in [2.75, 3.05) is 17.2 Å². The van der Waals surface area contributed by atoms with Crippen molar-refractivity contribution in [2.24, 2.45) is 0 Å². The largest absolute Gasteiger partial charge is 0.368 e. The number of nitrogens with zero attached hydrogens (tertiary/aromatic N) is 4. The summed E-state index contributed by atoms with van der Waals surface area (Å²) in [6.45, 7) is 2.23. The van der Waals surface area contributed by atoms with Gasteiger partial charge in [0.1, 0.15) is 5.82 Å². The number of aryl methyl sites for hydroxylation is 1. The number of carbonyl (C=O) groups is 1. The van der Waals surface area contributed by atoms with E-state index >= 15 is 0 Å². The van der Waals surface area contributed by atoms with Gasteiger partial charge in [0.15, 0.2) is 0 Å². The molecule has 1 aromatic rings. The average molecular weight is 225 g/mol. The van der Waals surface area contributed by atoms with Crippen LogP contribution in [0.25, 0.3) is 0 Å². The predicted molar refractivity (Wildman–Crippen MR) is 58.7 cm³/mol. The first kappa shape index (κ1) is 10.2. The summed E-state index contributed by atoms with van der Waals surface area (Å²) in [6, 6.07) is 0. The molecule has 7 heteroatoms. The monoisotopic (exact) mass is 225 g/mol. The van der Waals surface area contributed by atoms with Crippen molar-refractivity contribution in [1.29, 1.82) is 0 Å². The van der Waals surface area contributed by atoms with Crippen molar-refractivity contribution in [1.82, 2.24) is 15.0 Å². The number of aromatic nitrogens is 3. The van der Waals surface area contributed by atoms with Crippen LogP contribution in [0.3, 0.4) is 0 Å². The Morgan fingerprint density at radius 2 is 2.20 bits per heavy atom. The number of hydrogen-bond acceptors (Lipinski definition) is 6. The normalized spacial score (nSPS) is 21.1. The quantitative estimate of drug-likeness (QED) is 0.646. The summed E-state index contributed by atoms with van der Waals surface area (Å²) >= 11 is 4.25. The molecule has 2 rings (SSSR count). The van der Waals surface area contributed by atoms with E-state index in [1.165, 1.54) is 4.90 Å². The molecular formula is C8H11N5OS. The fourth-order valence-corrected chi connectivity index (χ4v) is 1.81. The lowest BCUT2D eigenvalue weighted by atomic mass is 10.4. The van der Waals surface area contributed by atoms with Crippen LogP contribution in [0.5, 0.6) is 0 Å². The molecule has 0 spiro atoms. The summed E-state index contributed by atoms with van der Waals surface area (Å²) < 4.78 is 0. The highest BCUT2D eigenvalue weighted by atomic mass is 32.1. The second kappa shape index (κ2) is 3.65. The van der Waals surface area contributed by atoms with Crippen molar-refractivity contribution >= 4 is 30.4 Å². The summed E-state index contributed by atoms with van der Waals surface area (Å²) in [5.74, 6) is 0.933. The first-order chi connectivity index (χ1) is 7.06. The standard InChI is InChI=1S/C8H11N5OS/c1-4-10-7(9)12-8(11-4)13-3-5(15)2-6(13)14/h5,15H,2-3H2,1H3,(H2,9,10,11,12). The highest BCUT2D eigenvalue weighted by Crippen LogP contribution is 2.20. The zero-order chi connectivity index (χ0) is 11.0. The first-order valence-corrected chi connectivity index (χ1v) is 5.04. The Labute approximate surface area is 92.3 Å². The van der Waals surface area contributed by atoms with Crippen LogP contribution in [0.15, 0.2) is 0 Å². The zero-order valence-corrected chi connectivity index (χ0v) is 9.11. The van der Waals surface area contributed by atoms with Gasteiger partial charge in [-0.1, -0.05) is 0 Å². The Morgan fingerprint density at radius 3 is 2.73 bits per heavy atom. The Hall–Kier alpha value is -1.37. The SMILES string of the molecule is Cc1nc(N)nc(N2CC(S)CC2=O)n1. The van der Waals surface area contributed by atoms with Gasteiger partial charge in [-0.3, -0.25) is 9.69 Å². The Morgan fingerprint density at radius 1 is 1.47 bits per heavy atom. The summed E-state index contributed by atoms with van der Waals surface area (Å²) in [6.07, 6.45) is 0.410. The van der Waals surface area contributed by atoms with Crippen LogP contribution >= 0.6 is 12.6 Å². The number of nitrogens with two attached hydrogens (primary N) is 1. The maximum atomic E-state index is 11.5. The minimum Gasteiger partial charge on any atom is -0.368 e. The minimum absolute atomic E-state index is 0.0278. The van der Waals surface area contributed by atoms with E-state index in [2.05, 4.69) is 27.6 Å². The Bertz CT molecular complexity index is 390. The van der Waals surface area contributed by atoms with Gasteiger partial charge in [-0.25, -0.2) is 0 Å². The molecule has 2 N–H and O–H groups in total. The van der Waals surface area contributed by atoms with Crippen molar-refractivity contribution in [3.05, 3.63) is 5.82 Å². The van der Waals surface area contributed by atoms with Crippen LogP contribution in [-0.2, 0) is 4.79 Å². The van der Waals surface area contributed by atoms with Crippen LogP contribution in [0, 0.1) is 6.92 Å². The molecule has 0 aromatic carbocycles. The molecule has 6 nitrogen and oxygen atoms in total. The minimum atomic E-state index is -0.0278. The fourth-order valence-electron chi connectivity index (χ4n) is 1.49. The average Bonchev–Trinajstić information content (AvgIpc) is 2.43. The third-order valence-corrected chi connectivity index (χ3v) is 2.44. The third-order valence-electron chi connectivity index (χ3n) is 2.10. The lowest BCUT2D eigenvalue weighted by molar-refractivity contribution is -0.117. The molecule has 1 fully saturated rings. The van der Waals surface area contributed by atoms with Gasteiger partial charge >= 0.3 is 0 Å². The summed E-state index contributed by atoms with van der Waals surface area (Å²) in [4.78, 5) is 24.9. The molecule has 1 amide bonds. The number of carbonyl (C=O) groups excluding carboxylic acids is 1. The number of amides is 1. The molecule has 1 unspecified atom stereocenters. The molecule has 0 saturated carbocycles. The molecular weight excluding hydrogens is 214 g/mol. The van der Waals surface area contributed by atoms with Crippen molar-refractivity contribution in [3.8, 4) is 0 Å². The van der Waals surface area contributed by atoms with E-state index in [9.17, 15) is 4.79 Å². The van der Waals surface area contributed by atoms with Gasteiger partial charge in [0, 0.05) is 18.2 Å². The molecule has 0 radical (unpaired) electrons. The van der Waals surface area contributed by atoms with Crippen LogP contribution in [0.2, 0.25) is 0 Å². The molecule has 0 aliphatic carbocycles. The highest BCUT2D eigenvalue weighted by Gasteiger charge is 2.30. The van der Waals surface area contributed by atoms with E-state index in [4.69, 9.17) is 5.73 Å². The van der Waals surface area contributed by atoms with Gasteiger partial charge in [-0.05, 0) is 6.92 Å². The number of nitrogen functional groups attached to an aromatic ring is 1. The van der Waals surface area contributed by atoms with Gasteiger partial charge in [0.25, 0.3) is 0 Å². The van der Waals surface area contributed by atoms with E-state index < -0.39 is 0 Å². The maximum Gasteiger partial charge on any atom is 0.237 e. The number of rotatable bonds is 1. The van der Waals surface area contributed by atoms with E-state index in [-0.39, 0.29) is 17.1 Å². The second-order valence-electron chi connectivity index (χ2n) is 3.40. The number of anilines is 2. The van der Waals surface area contributed by atoms with E-state index in [0.717, 1.165) is 0 Å². The number of thiol groups is 1. The lowest BCUT2D eigenvalue weighted by Gasteiger charge is -2.13. The summed E-state index contributed by atoms with van der Waals surface area (Å²) in [5.41, 5.74) is 5.49. The van der Waals surface area contributed by atoms with Crippen molar-refractivity contribution < 1.29 is 4.79 Å². The van der Waals surface area contributed by atoms with E-state index in [0.29, 0.717) is 24.7 Å². The Balaban J connectivity index is 2.33. The van der Waals surface area contributed by atoms with Gasteiger partial charge in [-0.15, -0.1) is 0 Å². The zero-order valence-electron chi connectivity index (χ0n) is 8.21. The molecule has 1 atom stereocenters. The first-order valence-electron chi connectivity index (χ1n) is 4.53. The summed E-state index contributed by atoms with van der Waals surface area (Å²) in [5, 5.41) is 0.0378. The molecule has 1 aliphatic rings. The van der Waals surface area contributed by atoms with E-state index in [1.807, 2.05) is 0 Å². The van der Waals surface area contributed by atoms with Crippen LogP contribution in [-0.4, -0.2) is 32.7 Å². The molecule has 0 bridgehead atoms. The molecule has 80 valence electrons. The van der Waals surface area contributed by atoms with Crippen LogP contribution in [0.4, 0.5) is 11.9 Å². The Kier molecular flexibility index (Phi) is 2.47. The predicted octanol–water partition coefficient (Wildman–Crippen LogP) is -0.203. The molecule has 1 aromatic heterocycles. The second-order valence-corrected chi connectivity index (χ2v) is 4.13. The van der Waals surface area contributed by atoms with E-state index in [1.54, 1.807) is 6.92 Å². The molecule has 15 heavy (non-hydrogen) atoms. The van der Waals surface area contributed by atoms with Crippen LogP contribution < -0.4 is 10.6 Å². The third kappa shape index (κ3) is 2.01. The van der Waals surface area contributed by atoms with Gasteiger partial charge in [0.05, 0.1) is 0 Å². The maximum absolute atomic E-state index is 11.5. The summed E-state index contributed by atoms with van der Waals surface area (Å²) in [7, 11) is 0. The number of hydrogen-bond donors (Lipinski definition) is 2. The highest BCUT2D eigenvalue weighted by molar-refractivity contribution is 7.81. The smallest absolute Gasteiger partial charge is 0.237 e. The van der Waals surface area contributed by atoms with Gasteiger partial charge < -0.3 is 5.73 Å². The van der Waals surface area contributed by atoms with Crippen molar-refractivity contribution in [3.63, 3.8) is 0 Å².